The van der Waals surface area contributed by atoms with Crippen LogP contribution in [0.2, 0.25) is 0 Å². The molecule has 6 heteroatoms. The van der Waals surface area contributed by atoms with Crippen molar-refractivity contribution in [2.45, 2.75) is 18.3 Å². The molecule has 104 valence electrons. The van der Waals surface area contributed by atoms with Gasteiger partial charge in [-0.1, -0.05) is 0 Å². The van der Waals surface area contributed by atoms with Crippen molar-refractivity contribution in [2.24, 2.45) is 14.1 Å². The molecule has 0 amide bonds. The summed E-state index contributed by atoms with van der Waals surface area (Å²) in [5.74, 6) is 1.32. The van der Waals surface area contributed by atoms with Gasteiger partial charge in [-0.25, -0.2) is 0 Å². The van der Waals surface area contributed by atoms with Crippen LogP contribution in [0.3, 0.4) is 0 Å². The average molecular weight is 284 g/mol. The van der Waals surface area contributed by atoms with Gasteiger partial charge in [0.05, 0.1) is 0 Å². The molecule has 1 aromatic carbocycles. The minimum absolute atomic E-state index is 0. The zero-order valence-corrected chi connectivity index (χ0v) is 11.9. The van der Waals surface area contributed by atoms with Gasteiger partial charge in [0.2, 0.25) is 0 Å². The molecule has 0 saturated carbocycles. The first kappa shape index (κ1) is 12.7. The van der Waals surface area contributed by atoms with Gasteiger partial charge in [-0.15, -0.1) is 12.4 Å². The minimum Gasteiger partial charge on any atom is -0.316 e. The highest BCUT2D eigenvalue weighted by Crippen LogP contribution is 2.44. The number of benzene rings is 1. The van der Waals surface area contributed by atoms with Crippen molar-refractivity contribution in [1.82, 2.24) is 14.8 Å². The molecule has 1 N–H and O–H groups in total. The van der Waals surface area contributed by atoms with Gasteiger partial charge in [0.15, 0.2) is 0 Å². The van der Waals surface area contributed by atoms with E-state index in [0.29, 0.717) is 11.8 Å². The van der Waals surface area contributed by atoms with Crippen molar-refractivity contribution < 1.29 is 9.36 Å². The Morgan fingerprint density at radius 1 is 1.00 bits per heavy atom. The summed E-state index contributed by atoms with van der Waals surface area (Å²) in [6.45, 7) is 2.19. The van der Waals surface area contributed by atoms with Gasteiger partial charge in [-0.2, -0.15) is 18.8 Å². The lowest BCUT2D eigenvalue weighted by atomic mass is 9.98. The van der Waals surface area contributed by atoms with Gasteiger partial charge in [0, 0.05) is 27.2 Å². The van der Waals surface area contributed by atoms with Crippen molar-refractivity contribution in [3.63, 3.8) is 0 Å². The van der Waals surface area contributed by atoms with Crippen LogP contribution in [-0.4, -0.2) is 22.6 Å². The molecular formula is C13H18ClN3O2. The zero-order valence-electron chi connectivity index (χ0n) is 11.0. The molecular weight excluding hydrogens is 266 g/mol. The lowest BCUT2D eigenvalue weighted by Gasteiger charge is -2.19. The number of nitrogens with zero attached hydrogens (tertiary/aromatic N) is 2. The van der Waals surface area contributed by atoms with Gasteiger partial charge >= 0.3 is 0 Å². The summed E-state index contributed by atoms with van der Waals surface area (Å²) in [5.41, 5.74) is 5.12. The maximum Gasteiger partial charge on any atom is 0.106 e. The van der Waals surface area contributed by atoms with Crippen LogP contribution in [0.25, 0.3) is 11.0 Å². The fourth-order valence-corrected chi connectivity index (χ4v) is 3.42. The van der Waals surface area contributed by atoms with Crippen LogP contribution in [0.5, 0.6) is 0 Å². The highest BCUT2D eigenvalue weighted by Gasteiger charge is 2.34. The fraction of sp³-hybridized carbons (Fsp3) is 0.538. The summed E-state index contributed by atoms with van der Waals surface area (Å²) in [6.07, 6.45) is 1.28. The predicted molar refractivity (Wildman–Crippen MR) is 74.3 cm³/mol. The van der Waals surface area contributed by atoms with E-state index in [-0.39, 0.29) is 12.4 Å². The number of aryl methyl sites for hydroxylation is 2. The summed E-state index contributed by atoms with van der Waals surface area (Å²) >= 11 is 0. The molecule has 0 spiro atoms. The molecule has 1 fully saturated rings. The first-order chi connectivity index (χ1) is 8.74. The maximum atomic E-state index is 5.13. The van der Waals surface area contributed by atoms with Gasteiger partial charge in [-0.3, -0.25) is 0 Å². The normalized spacial score (nSPS) is 24.1. The Balaban J connectivity index is 0.00000110. The van der Waals surface area contributed by atoms with Crippen molar-refractivity contribution in [3.8, 4) is 0 Å². The number of halogens is 1. The van der Waals surface area contributed by atoms with Crippen LogP contribution in [0, 0.1) is 0 Å². The maximum absolute atomic E-state index is 5.13. The Labute approximate surface area is 117 Å². The second kappa shape index (κ2) is 4.35. The number of piperidine rings is 1. The average Bonchev–Trinajstić information content (AvgIpc) is 2.64. The zero-order chi connectivity index (χ0) is 12.3. The van der Waals surface area contributed by atoms with E-state index in [0.717, 1.165) is 24.1 Å². The molecule has 1 saturated heterocycles. The van der Waals surface area contributed by atoms with Gasteiger partial charge in [-0.05, 0) is 41.5 Å². The lowest BCUT2D eigenvalue weighted by molar-refractivity contribution is -0.120. The predicted octanol–water partition coefficient (Wildman–Crippen LogP) is 2.42. The molecule has 2 bridgehead atoms. The summed E-state index contributed by atoms with van der Waals surface area (Å²) < 4.78 is 13.6. The van der Waals surface area contributed by atoms with E-state index in [4.69, 9.17) is 9.36 Å². The highest BCUT2D eigenvalue weighted by atomic mass is 35.5. The van der Waals surface area contributed by atoms with E-state index in [1.165, 1.54) is 17.5 Å². The molecule has 2 unspecified atom stereocenters. The molecule has 1 aliphatic carbocycles. The minimum atomic E-state index is 0. The molecule has 1 aromatic heterocycles. The van der Waals surface area contributed by atoms with Crippen LogP contribution in [0.4, 0.5) is 0 Å². The Morgan fingerprint density at radius 2 is 1.47 bits per heavy atom. The number of aromatic nitrogens is 2. The number of hydrogen-bond acceptors (Lipinski definition) is 3. The monoisotopic (exact) mass is 283 g/mol. The van der Waals surface area contributed by atoms with Crippen LogP contribution >= 0.6 is 12.4 Å². The molecule has 19 heavy (non-hydrogen) atoms. The van der Waals surface area contributed by atoms with E-state index in [1.54, 1.807) is 9.48 Å². The highest BCUT2D eigenvalue weighted by molar-refractivity contribution is 5.85. The number of nitrogens with one attached hydrogen (secondary N) is 1. The number of rotatable bonds is 0. The van der Waals surface area contributed by atoms with Gasteiger partial charge in [0.25, 0.3) is 0 Å². The van der Waals surface area contributed by atoms with Crippen molar-refractivity contribution >= 4 is 23.4 Å². The van der Waals surface area contributed by atoms with Gasteiger partial charge in [0.1, 0.15) is 11.0 Å². The van der Waals surface area contributed by atoms with E-state index in [2.05, 4.69) is 17.4 Å². The molecule has 1 aliphatic heterocycles. The van der Waals surface area contributed by atoms with E-state index < -0.39 is 0 Å². The quantitative estimate of drug-likeness (QED) is 0.756. The third-order valence-electron chi connectivity index (χ3n) is 4.35. The standard InChI is InChI=1S/C13H17N3O2.ClH/c1-15-12-4-10-8-3-9(7-14-6-8)11(10)5-13(12)16(2)18-17-15;/h4-5,8-9,14H,3,6-7H2,1-2H3;1H. The first-order valence-corrected chi connectivity index (χ1v) is 6.45. The van der Waals surface area contributed by atoms with Crippen LogP contribution in [0.1, 0.15) is 29.4 Å². The molecule has 2 atom stereocenters. The van der Waals surface area contributed by atoms with Crippen molar-refractivity contribution in [1.29, 1.82) is 0 Å². The van der Waals surface area contributed by atoms with Crippen molar-refractivity contribution in [3.05, 3.63) is 23.3 Å². The van der Waals surface area contributed by atoms with Crippen molar-refractivity contribution in [2.75, 3.05) is 13.1 Å². The second-order valence-corrected chi connectivity index (χ2v) is 5.40. The summed E-state index contributed by atoms with van der Waals surface area (Å²) in [7, 11) is 3.75. The van der Waals surface area contributed by atoms with E-state index in [9.17, 15) is 0 Å². The number of fused-ring (bicyclic) bond motifs is 6. The SMILES string of the molecule is Cl.Cn1oon(C)c2cc3c(cc21)C1CNCC3C1. The first-order valence-electron chi connectivity index (χ1n) is 6.45. The van der Waals surface area contributed by atoms with Crippen LogP contribution in [0.15, 0.2) is 21.5 Å². The molecule has 2 aromatic rings. The van der Waals surface area contributed by atoms with E-state index in [1.807, 2.05) is 14.1 Å². The summed E-state index contributed by atoms with van der Waals surface area (Å²) in [4.78, 5) is 0. The molecule has 5 nitrogen and oxygen atoms in total. The van der Waals surface area contributed by atoms with Gasteiger partial charge < -0.3 is 5.32 Å². The fourth-order valence-electron chi connectivity index (χ4n) is 3.42. The third-order valence-corrected chi connectivity index (χ3v) is 4.35. The molecule has 0 radical (unpaired) electrons. The Bertz CT molecular complexity index is 607. The Hall–Kier alpha value is -1.33. The molecule has 2 heterocycles. The van der Waals surface area contributed by atoms with Crippen LogP contribution < -0.4 is 5.32 Å². The molecule has 4 rings (SSSR count). The Kier molecular flexibility index (Phi) is 2.91. The Morgan fingerprint density at radius 3 is 1.95 bits per heavy atom. The van der Waals surface area contributed by atoms with Crippen LogP contribution in [-0.2, 0) is 14.1 Å². The van der Waals surface area contributed by atoms with E-state index >= 15 is 0 Å². The summed E-state index contributed by atoms with van der Waals surface area (Å²) in [6, 6.07) is 4.53. The second-order valence-electron chi connectivity index (χ2n) is 5.40. The topological polar surface area (TPSA) is 48.2 Å². The largest absolute Gasteiger partial charge is 0.316 e. The lowest BCUT2D eigenvalue weighted by Crippen LogP contribution is -2.28. The third kappa shape index (κ3) is 1.72. The molecule has 2 aliphatic rings. The summed E-state index contributed by atoms with van der Waals surface area (Å²) in [5, 5.41) is 3.52. The number of hydrogen-bond donors (Lipinski definition) is 1. The smallest absolute Gasteiger partial charge is 0.106 e.